The Morgan fingerprint density at radius 2 is 2.00 bits per heavy atom. The first kappa shape index (κ1) is 13.8. The standard InChI is InChI=1S/C8H16O2.Sb.3H/c1-3-5-6-7(4-2)8(9)10;;;;/h7H,3-6H2,1-2H3,(H,9,10);;;;. The molecule has 0 heterocycles. The number of rotatable bonds is 5. The Labute approximate surface area is 85.8 Å². The van der Waals surface area contributed by atoms with Crippen molar-refractivity contribution < 1.29 is 9.90 Å². The summed E-state index contributed by atoms with van der Waals surface area (Å²) in [5, 5.41) is 8.60. The Morgan fingerprint density at radius 3 is 2.27 bits per heavy atom. The van der Waals surface area contributed by atoms with Crippen molar-refractivity contribution in [3.63, 3.8) is 0 Å². The van der Waals surface area contributed by atoms with Gasteiger partial charge in [0.1, 0.15) is 0 Å². The third kappa shape index (κ3) is 6.68. The minimum absolute atomic E-state index is 0. The normalized spacial score (nSPS) is 11.8. The predicted molar refractivity (Wildman–Crippen MR) is 50.9 cm³/mol. The molecule has 0 fully saturated rings. The Hall–Kier alpha value is 0.288. The van der Waals surface area contributed by atoms with Gasteiger partial charge in [0.2, 0.25) is 0 Å². The van der Waals surface area contributed by atoms with Crippen LogP contribution in [0.3, 0.4) is 0 Å². The summed E-state index contributed by atoms with van der Waals surface area (Å²) in [7, 11) is 0. The number of carboxylic acids is 1. The van der Waals surface area contributed by atoms with Crippen LogP contribution in [-0.2, 0) is 4.79 Å². The summed E-state index contributed by atoms with van der Waals surface area (Å²) in [6.07, 6.45) is 3.71. The molecular formula is C8H19O2Sb. The van der Waals surface area contributed by atoms with Crippen molar-refractivity contribution in [1.82, 2.24) is 0 Å². The molecule has 0 aliphatic heterocycles. The molecule has 3 heteroatoms. The van der Waals surface area contributed by atoms with E-state index in [2.05, 4.69) is 6.92 Å². The van der Waals surface area contributed by atoms with E-state index in [4.69, 9.17) is 5.11 Å². The molecule has 0 aliphatic rings. The Morgan fingerprint density at radius 1 is 1.45 bits per heavy atom. The summed E-state index contributed by atoms with van der Waals surface area (Å²) < 4.78 is 0. The molecule has 0 amide bonds. The first-order valence-electron chi connectivity index (χ1n) is 3.95. The summed E-state index contributed by atoms with van der Waals surface area (Å²) in [6, 6.07) is 0. The second kappa shape index (κ2) is 8.39. The van der Waals surface area contributed by atoms with Gasteiger partial charge in [-0.05, 0) is 12.8 Å². The fraction of sp³-hybridized carbons (Fsp3) is 0.875. The molecule has 0 aromatic carbocycles. The van der Waals surface area contributed by atoms with Gasteiger partial charge >= 0.3 is 30.4 Å². The minimum atomic E-state index is -0.643. The number of hydrogen-bond acceptors (Lipinski definition) is 1. The second-order valence-corrected chi connectivity index (χ2v) is 2.59. The SMILES string of the molecule is CCCCC(CC)C(=O)O.[SbH3]. The Balaban J connectivity index is 0. The number of aliphatic carboxylic acids is 1. The van der Waals surface area contributed by atoms with E-state index < -0.39 is 5.97 Å². The molecule has 68 valence electrons. The van der Waals surface area contributed by atoms with Gasteiger partial charge in [-0.15, -0.1) is 0 Å². The third-order valence-electron chi connectivity index (χ3n) is 1.75. The quantitative estimate of drug-likeness (QED) is 0.759. The second-order valence-electron chi connectivity index (χ2n) is 2.59. The van der Waals surface area contributed by atoms with Gasteiger partial charge < -0.3 is 5.11 Å². The summed E-state index contributed by atoms with van der Waals surface area (Å²) in [6.45, 7) is 4.00. The molecule has 1 unspecified atom stereocenters. The van der Waals surface area contributed by atoms with Crippen LogP contribution in [-0.4, -0.2) is 35.5 Å². The van der Waals surface area contributed by atoms with Crippen molar-refractivity contribution in [2.45, 2.75) is 39.5 Å². The van der Waals surface area contributed by atoms with E-state index >= 15 is 0 Å². The van der Waals surface area contributed by atoms with E-state index in [0.717, 1.165) is 25.7 Å². The van der Waals surface area contributed by atoms with Crippen LogP contribution < -0.4 is 0 Å². The molecule has 0 saturated heterocycles. The molecule has 0 spiro atoms. The van der Waals surface area contributed by atoms with E-state index in [1.807, 2.05) is 6.92 Å². The zero-order valence-electron chi connectivity index (χ0n) is 7.47. The monoisotopic (exact) mass is 268 g/mol. The molecule has 11 heavy (non-hydrogen) atoms. The van der Waals surface area contributed by atoms with Crippen LogP contribution in [0.1, 0.15) is 39.5 Å². The first-order chi connectivity index (χ1) is 4.72. The van der Waals surface area contributed by atoms with Crippen LogP contribution >= 0.6 is 0 Å². The molecule has 0 aromatic heterocycles. The van der Waals surface area contributed by atoms with Gasteiger partial charge in [-0.25, -0.2) is 0 Å². The van der Waals surface area contributed by atoms with E-state index in [-0.39, 0.29) is 30.3 Å². The molecule has 2 nitrogen and oxygen atoms in total. The van der Waals surface area contributed by atoms with Gasteiger partial charge in [0.15, 0.2) is 0 Å². The van der Waals surface area contributed by atoms with Crippen LogP contribution in [0.5, 0.6) is 0 Å². The fourth-order valence-electron chi connectivity index (χ4n) is 0.953. The molecule has 0 radical (unpaired) electrons. The van der Waals surface area contributed by atoms with Gasteiger partial charge in [0.25, 0.3) is 0 Å². The van der Waals surface area contributed by atoms with Crippen LogP contribution in [0, 0.1) is 5.92 Å². The van der Waals surface area contributed by atoms with Crippen molar-refractivity contribution in [3.05, 3.63) is 0 Å². The molecule has 0 aromatic rings. The molecule has 0 saturated carbocycles. The van der Waals surface area contributed by atoms with Crippen LogP contribution in [0.4, 0.5) is 0 Å². The molecule has 0 rings (SSSR count). The molecule has 0 bridgehead atoms. The number of hydrogen-bond donors (Lipinski definition) is 1. The van der Waals surface area contributed by atoms with Crippen molar-refractivity contribution in [2.24, 2.45) is 5.92 Å². The summed E-state index contributed by atoms with van der Waals surface area (Å²) in [5.41, 5.74) is 0. The van der Waals surface area contributed by atoms with Crippen LogP contribution in [0.2, 0.25) is 0 Å². The van der Waals surface area contributed by atoms with Gasteiger partial charge in [-0.3, -0.25) is 4.79 Å². The topological polar surface area (TPSA) is 37.3 Å². The van der Waals surface area contributed by atoms with Crippen molar-refractivity contribution in [2.75, 3.05) is 0 Å². The van der Waals surface area contributed by atoms with Gasteiger partial charge in [-0.2, -0.15) is 0 Å². The fourth-order valence-corrected chi connectivity index (χ4v) is 0.953. The van der Waals surface area contributed by atoms with E-state index in [0.29, 0.717) is 0 Å². The zero-order valence-corrected chi connectivity index (χ0v) is 11.5. The Bertz CT molecular complexity index is 104. The average Bonchev–Trinajstić information content (AvgIpc) is 1.89. The number of carboxylic acid groups (broad SMARTS) is 1. The number of carbonyl (C=O) groups is 1. The van der Waals surface area contributed by atoms with Crippen molar-refractivity contribution in [3.8, 4) is 0 Å². The van der Waals surface area contributed by atoms with Gasteiger partial charge in [0.05, 0.1) is 5.92 Å². The van der Waals surface area contributed by atoms with Crippen molar-refractivity contribution >= 4 is 30.4 Å². The first-order valence-corrected chi connectivity index (χ1v) is 3.95. The summed E-state index contributed by atoms with van der Waals surface area (Å²) >= 11 is 0. The maximum atomic E-state index is 10.4. The summed E-state index contributed by atoms with van der Waals surface area (Å²) in [4.78, 5) is 10.4. The predicted octanol–water partition coefficient (Wildman–Crippen LogP) is 1.10. The van der Waals surface area contributed by atoms with Crippen LogP contribution in [0.25, 0.3) is 0 Å². The molecule has 0 aliphatic carbocycles. The van der Waals surface area contributed by atoms with E-state index in [1.165, 1.54) is 0 Å². The molecule has 1 atom stereocenters. The zero-order chi connectivity index (χ0) is 7.98. The Kier molecular flexibility index (Phi) is 10.6. The van der Waals surface area contributed by atoms with E-state index in [1.54, 1.807) is 0 Å². The third-order valence-corrected chi connectivity index (χ3v) is 1.75. The van der Waals surface area contributed by atoms with Gasteiger partial charge in [-0.1, -0.05) is 26.7 Å². The van der Waals surface area contributed by atoms with Crippen molar-refractivity contribution in [1.29, 1.82) is 0 Å². The van der Waals surface area contributed by atoms with Gasteiger partial charge in [0, 0.05) is 0 Å². The molecular weight excluding hydrogens is 250 g/mol. The van der Waals surface area contributed by atoms with E-state index in [9.17, 15) is 4.79 Å². The average molecular weight is 269 g/mol. The van der Waals surface area contributed by atoms with Crippen LogP contribution in [0.15, 0.2) is 0 Å². The molecule has 1 N–H and O–H groups in total. The number of unbranched alkanes of at least 4 members (excludes halogenated alkanes) is 1. The maximum absolute atomic E-state index is 10.4. The summed E-state index contributed by atoms with van der Waals surface area (Å²) in [5.74, 6) is -0.754.